The number of aromatic amines is 1. The molecule has 6 nitrogen and oxygen atoms in total. The van der Waals surface area contributed by atoms with Crippen LogP contribution in [0.1, 0.15) is 5.56 Å². The quantitative estimate of drug-likeness (QED) is 0.477. The summed E-state index contributed by atoms with van der Waals surface area (Å²) >= 11 is 11.1. The third-order valence-corrected chi connectivity index (χ3v) is 4.15. The van der Waals surface area contributed by atoms with E-state index < -0.39 is 0 Å². The molecule has 0 aliphatic rings. The van der Waals surface area contributed by atoms with E-state index in [2.05, 4.69) is 15.5 Å². The fourth-order valence-corrected chi connectivity index (χ4v) is 2.70. The highest BCUT2D eigenvalue weighted by Crippen LogP contribution is 2.26. The second-order valence-electron chi connectivity index (χ2n) is 5.51. The first-order valence-corrected chi connectivity index (χ1v) is 8.23. The third kappa shape index (κ3) is 3.89. The average Bonchev–Trinajstić information content (AvgIpc) is 2.93. The molecule has 3 N–H and O–H groups in total. The Kier molecular flexibility index (Phi) is 4.87. The molecule has 1 aromatic heterocycles. The number of aryl methyl sites for hydroxylation is 1. The Morgan fingerprint density at radius 1 is 1.32 bits per heavy atom. The van der Waals surface area contributed by atoms with Gasteiger partial charge in [0.1, 0.15) is 12.3 Å². The van der Waals surface area contributed by atoms with Gasteiger partial charge in [-0.1, -0.05) is 41.4 Å². The fourth-order valence-electron chi connectivity index (χ4n) is 2.33. The van der Waals surface area contributed by atoms with Crippen LogP contribution < -0.4 is 5.32 Å². The van der Waals surface area contributed by atoms with Crippen LogP contribution >= 0.6 is 23.8 Å². The number of benzene rings is 2. The molecule has 1 amide bonds. The SMILES string of the molecule is Cc1ccc(-c2n[nH]c(=S)n2CC(=O)Nc2cc(Cl)ccc2O)cc1. The van der Waals surface area contributed by atoms with E-state index in [4.69, 9.17) is 23.8 Å². The van der Waals surface area contributed by atoms with Crippen molar-refractivity contribution in [3.63, 3.8) is 0 Å². The normalized spacial score (nSPS) is 10.6. The lowest BCUT2D eigenvalue weighted by Gasteiger charge is -2.10. The van der Waals surface area contributed by atoms with Gasteiger partial charge in [-0.05, 0) is 37.3 Å². The molecule has 25 heavy (non-hydrogen) atoms. The third-order valence-electron chi connectivity index (χ3n) is 3.60. The summed E-state index contributed by atoms with van der Waals surface area (Å²) in [7, 11) is 0. The molecule has 0 atom stereocenters. The molecule has 0 aliphatic carbocycles. The van der Waals surface area contributed by atoms with Gasteiger partial charge in [-0.3, -0.25) is 14.5 Å². The molecule has 128 valence electrons. The summed E-state index contributed by atoms with van der Waals surface area (Å²) in [6.07, 6.45) is 0. The lowest BCUT2D eigenvalue weighted by molar-refractivity contribution is -0.116. The maximum absolute atomic E-state index is 12.4. The first-order chi connectivity index (χ1) is 11.9. The van der Waals surface area contributed by atoms with Gasteiger partial charge in [0, 0.05) is 10.6 Å². The molecular formula is C17H15ClN4O2S. The van der Waals surface area contributed by atoms with Crippen molar-refractivity contribution in [2.75, 3.05) is 5.32 Å². The number of halogens is 1. The predicted octanol–water partition coefficient (Wildman–Crippen LogP) is 3.91. The number of aromatic nitrogens is 3. The van der Waals surface area contributed by atoms with Gasteiger partial charge < -0.3 is 10.4 Å². The number of rotatable bonds is 4. The van der Waals surface area contributed by atoms with Crippen LogP contribution in [0.4, 0.5) is 5.69 Å². The molecule has 0 fully saturated rings. The monoisotopic (exact) mass is 374 g/mol. The fraction of sp³-hybridized carbons (Fsp3) is 0.118. The van der Waals surface area contributed by atoms with Crippen molar-refractivity contribution >= 4 is 35.4 Å². The lowest BCUT2D eigenvalue weighted by Crippen LogP contribution is -2.19. The molecule has 0 radical (unpaired) electrons. The van der Waals surface area contributed by atoms with Crippen LogP contribution in [0, 0.1) is 11.7 Å². The smallest absolute Gasteiger partial charge is 0.244 e. The molecule has 0 aliphatic heterocycles. The van der Waals surface area contributed by atoms with Crippen LogP contribution in [-0.4, -0.2) is 25.8 Å². The Morgan fingerprint density at radius 3 is 2.76 bits per heavy atom. The molecule has 3 aromatic rings. The summed E-state index contributed by atoms with van der Waals surface area (Å²) in [6.45, 7) is 1.94. The number of hydrogen-bond donors (Lipinski definition) is 3. The number of carbonyl (C=O) groups is 1. The zero-order chi connectivity index (χ0) is 18.0. The van der Waals surface area contributed by atoms with Crippen LogP contribution in [0.2, 0.25) is 5.02 Å². The predicted molar refractivity (Wildman–Crippen MR) is 99.3 cm³/mol. The summed E-state index contributed by atoms with van der Waals surface area (Å²) < 4.78 is 1.93. The van der Waals surface area contributed by atoms with Gasteiger partial charge in [0.15, 0.2) is 10.6 Å². The largest absolute Gasteiger partial charge is 0.506 e. The van der Waals surface area contributed by atoms with Gasteiger partial charge in [0.2, 0.25) is 5.91 Å². The maximum atomic E-state index is 12.4. The number of anilines is 1. The molecule has 3 rings (SSSR count). The van der Waals surface area contributed by atoms with Gasteiger partial charge in [-0.15, -0.1) is 0 Å². The number of amides is 1. The van der Waals surface area contributed by atoms with Crippen LogP contribution in [-0.2, 0) is 11.3 Å². The maximum Gasteiger partial charge on any atom is 0.244 e. The van der Waals surface area contributed by atoms with Gasteiger partial charge in [0.05, 0.1) is 5.69 Å². The summed E-state index contributed by atoms with van der Waals surface area (Å²) in [5.41, 5.74) is 2.21. The number of hydrogen-bond acceptors (Lipinski definition) is 4. The van der Waals surface area contributed by atoms with Crippen LogP contribution in [0.25, 0.3) is 11.4 Å². The number of phenolic OH excluding ortho intramolecular Hbond substituents is 1. The van der Waals surface area contributed by atoms with E-state index in [1.54, 1.807) is 4.57 Å². The second-order valence-corrected chi connectivity index (χ2v) is 6.34. The first kappa shape index (κ1) is 17.2. The number of phenols is 1. The Balaban J connectivity index is 1.84. The number of H-pyrrole nitrogens is 1. The molecule has 8 heteroatoms. The number of carbonyl (C=O) groups excluding carboxylic acids is 1. The zero-order valence-corrected chi connectivity index (χ0v) is 14.9. The first-order valence-electron chi connectivity index (χ1n) is 7.44. The molecule has 0 spiro atoms. The second kappa shape index (κ2) is 7.08. The molecule has 0 unspecified atom stereocenters. The zero-order valence-electron chi connectivity index (χ0n) is 13.3. The van der Waals surface area contributed by atoms with Gasteiger partial charge in [0.25, 0.3) is 0 Å². The Morgan fingerprint density at radius 2 is 2.04 bits per heavy atom. The standard InChI is InChI=1S/C17H15ClN4O2S/c1-10-2-4-11(5-3-10)16-20-21-17(25)22(16)9-15(24)19-13-8-12(18)6-7-14(13)23/h2-8,23H,9H2,1H3,(H,19,24)(H,21,25). The van der Waals surface area contributed by atoms with Gasteiger partial charge in [-0.2, -0.15) is 5.10 Å². The van der Waals surface area contributed by atoms with Crippen LogP contribution in [0.15, 0.2) is 42.5 Å². The molecule has 2 aromatic carbocycles. The minimum atomic E-state index is -0.358. The molecule has 0 bridgehead atoms. The van der Waals surface area contributed by atoms with E-state index in [0.717, 1.165) is 11.1 Å². The van der Waals surface area contributed by atoms with Crippen molar-refractivity contribution in [2.24, 2.45) is 0 Å². The minimum absolute atomic E-state index is 0.0511. The molecular weight excluding hydrogens is 360 g/mol. The highest BCUT2D eigenvalue weighted by molar-refractivity contribution is 7.71. The average molecular weight is 375 g/mol. The minimum Gasteiger partial charge on any atom is -0.506 e. The van der Waals surface area contributed by atoms with Crippen molar-refractivity contribution in [2.45, 2.75) is 13.5 Å². The van der Waals surface area contributed by atoms with Gasteiger partial charge in [-0.25, -0.2) is 0 Å². The summed E-state index contributed by atoms with van der Waals surface area (Å²) in [5, 5.41) is 19.7. The number of nitrogens with one attached hydrogen (secondary N) is 2. The van der Waals surface area contributed by atoms with E-state index in [1.807, 2.05) is 31.2 Å². The van der Waals surface area contributed by atoms with Gasteiger partial charge >= 0.3 is 0 Å². The summed E-state index contributed by atoms with van der Waals surface area (Å²) in [4.78, 5) is 12.4. The molecule has 1 heterocycles. The van der Waals surface area contributed by atoms with Crippen molar-refractivity contribution in [3.05, 3.63) is 57.8 Å². The van der Waals surface area contributed by atoms with E-state index in [-0.39, 0.29) is 23.9 Å². The van der Waals surface area contributed by atoms with Crippen molar-refractivity contribution in [1.82, 2.24) is 14.8 Å². The van der Waals surface area contributed by atoms with Crippen LogP contribution in [0.5, 0.6) is 5.75 Å². The van der Waals surface area contributed by atoms with Crippen molar-refractivity contribution < 1.29 is 9.90 Å². The molecule has 0 saturated heterocycles. The van der Waals surface area contributed by atoms with Crippen molar-refractivity contribution in [1.29, 1.82) is 0 Å². The summed E-state index contributed by atoms with van der Waals surface area (Å²) in [5.74, 6) is 0.145. The molecule has 0 saturated carbocycles. The Bertz CT molecular complexity index is 979. The van der Waals surface area contributed by atoms with Crippen LogP contribution in [0.3, 0.4) is 0 Å². The van der Waals surface area contributed by atoms with E-state index in [0.29, 0.717) is 15.6 Å². The topological polar surface area (TPSA) is 82.9 Å². The van der Waals surface area contributed by atoms with Crippen molar-refractivity contribution in [3.8, 4) is 17.1 Å². The summed E-state index contributed by atoms with van der Waals surface area (Å²) in [6, 6.07) is 12.2. The highest BCUT2D eigenvalue weighted by Gasteiger charge is 2.14. The van der Waals surface area contributed by atoms with E-state index >= 15 is 0 Å². The highest BCUT2D eigenvalue weighted by atomic mass is 35.5. The number of nitrogens with zero attached hydrogens (tertiary/aromatic N) is 2. The Labute approximate surface area is 154 Å². The van der Waals surface area contributed by atoms with E-state index in [9.17, 15) is 9.90 Å². The lowest BCUT2D eigenvalue weighted by atomic mass is 10.1. The Hall–Kier alpha value is -2.64. The van der Waals surface area contributed by atoms with E-state index in [1.165, 1.54) is 18.2 Å². The number of aromatic hydroxyl groups is 1.